The predicted molar refractivity (Wildman–Crippen MR) is 81.1 cm³/mol. The van der Waals surface area contributed by atoms with E-state index in [0.29, 0.717) is 0 Å². The molecule has 25 heavy (non-hydrogen) atoms. The van der Waals surface area contributed by atoms with Crippen LogP contribution in [-0.4, -0.2) is 72.5 Å². The van der Waals surface area contributed by atoms with Crippen LogP contribution in [0.1, 0.15) is 20.3 Å². The number of rotatable bonds is 8. The summed E-state index contributed by atoms with van der Waals surface area (Å²) >= 11 is 0. The summed E-state index contributed by atoms with van der Waals surface area (Å²) in [6, 6.07) is 0. The summed E-state index contributed by atoms with van der Waals surface area (Å²) in [5.74, 6) is -1.44. The van der Waals surface area contributed by atoms with Gasteiger partial charge in [0.15, 0.2) is 6.10 Å². The summed E-state index contributed by atoms with van der Waals surface area (Å²) in [4.78, 5) is 22.4. The minimum Gasteiger partial charge on any atom is -0.456 e. The molecule has 1 aliphatic heterocycles. The first-order valence-electron chi connectivity index (χ1n) is 6.92. The van der Waals surface area contributed by atoms with E-state index in [1.54, 1.807) is 0 Å². The second-order valence-corrected chi connectivity index (χ2v) is 8.85. The van der Waals surface area contributed by atoms with Gasteiger partial charge >= 0.3 is 11.9 Å². The molecule has 0 aromatic carbocycles. The van der Waals surface area contributed by atoms with Crippen LogP contribution in [0.25, 0.3) is 0 Å². The molecule has 0 N–H and O–H groups in total. The van der Waals surface area contributed by atoms with Gasteiger partial charge < -0.3 is 14.2 Å². The second-order valence-electron chi connectivity index (χ2n) is 5.56. The second kappa shape index (κ2) is 7.95. The minimum atomic E-state index is -3.89. The van der Waals surface area contributed by atoms with E-state index in [1.165, 1.54) is 0 Å². The van der Waals surface area contributed by atoms with Gasteiger partial charge in [-0.15, -0.1) is 0 Å². The smallest absolute Gasteiger partial charge is 0.305 e. The van der Waals surface area contributed by atoms with Crippen molar-refractivity contribution in [2.24, 2.45) is 0 Å². The van der Waals surface area contributed by atoms with E-state index in [-0.39, 0.29) is 6.42 Å². The van der Waals surface area contributed by atoms with Crippen molar-refractivity contribution in [3.8, 4) is 0 Å². The molecule has 0 bridgehead atoms. The van der Waals surface area contributed by atoms with Crippen LogP contribution in [0.4, 0.5) is 0 Å². The van der Waals surface area contributed by atoms with Gasteiger partial charge in [0.05, 0.1) is 25.7 Å². The fourth-order valence-electron chi connectivity index (χ4n) is 2.06. The van der Waals surface area contributed by atoms with Crippen molar-refractivity contribution in [2.75, 3.05) is 25.7 Å². The lowest BCUT2D eigenvalue weighted by Crippen LogP contribution is -2.41. The van der Waals surface area contributed by atoms with Gasteiger partial charge in [-0.3, -0.25) is 18.0 Å². The molecule has 1 aliphatic rings. The van der Waals surface area contributed by atoms with Crippen LogP contribution in [-0.2, 0) is 52.4 Å². The normalized spacial score (nSPS) is 23.2. The highest BCUT2D eigenvalue weighted by Gasteiger charge is 2.51. The zero-order valence-electron chi connectivity index (χ0n) is 14.1. The van der Waals surface area contributed by atoms with Gasteiger partial charge in [0.2, 0.25) is 6.29 Å². The summed E-state index contributed by atoms with van der Waals surface area (Å²) in [7, 11) is -7.77. The number of hydrogen-bond donors (Lipinski definition) is 0. The molecule has 1 fully saturated rings. The maximum absolute atomic E-state index is 11.2. The van der Waals surface area contributed by atoms with Crippen molar-refractivity contribution in [1.82, 2.24) is 0 Å². The third kappa shape index (κ3) is 8.09. The molecule has 1 rings (SSSR count). The Labute approximate surface area is 145 Å². The lowest BCUT2D eigenvalue weighted by Gasteiger charge is -2.26. The molecule has 0 spiro atoms. The number of hydrogen-bond acceptors (Lipinski definition) is 11. The fourth-order valence-corrected chi connectivity index (χ4v) is 2.92. The first kappa shape index (κ1) is 21.8. The van der Waals surface area contributed by atoms with E-state index in [2.05, 4.69) is 8.37 Å². The molecule has 0 saturated carbocycles. The average Bonchev–Trinajstić information content (AvgIpc) is 2.70. The van der Waals surface area contributed by atoms with Crippen molar-refractivity contribution in [3.63, 3.8) is 0 Å². The Morgan fingerprint density at radius 1 is 0.960 bits per heavy atom. The molecule has 0 aliphatic carbocycles. The summed E-state index contributed by atoms with van der Waals surface area (Å²) in [6.45, 7) is 0.951. The van der Waals surface area contributed by atoms with E-state index in [0.717, 1.165) is 26.4 Å². The first-order chi connectivity index (χ1) is 11.2. The van der Waals surface area contributed by atoms with E-state index in [1.807, 2.05) is 0 Å². The van der Waals surface area contributed by atoms with Crippen LogP contribution in [0.15, 0.2) is 0 Å². The maximum Gasteiger partial charge on any atom is 0.305 e. The van der Waals surface area contributed by atoms with E-state index in [9.17, 15) is 26.4 Å². The summed E-state index contributed by atoms with van der Waals surface area (Å²) in [5, 5.41) is 0. The Bertz CT molecular complexity index is 647. The minimum absolute atomic E-state index is 0.213. The Morgan fingerprint density at radius 2 is 1.40 bits per heavy atom. The van der Waals surface area contributed by atoms with E-state index < -0.39 is 63.4 Å². The highest BCUT2D eigenvalue weighted by Crippen LogP contribution is 2.35. The third-order valence-electron chi connectivity index (χ3n) is 2.91. The lowest BCUT2D eigenvalue weighted by molar-refractivity contribution is -0.210. The van der Waals surface area contributed by atoms with Gasteiger partial charge in [-0.05, 0) is 0 Å². The van der Waals surface area contributed by atoms with Crippen LogP contribution in [0.3, 0.4) is 0 Å². The van der Waals surface area contributed by atoms with Crippen LogP contribution in [0.5, 0.6) is 0 Å². The predicted octanol–water partition coefficient (Wildman–Crippen LogP) is -1.08. The number of carbonyl (C=O) groups excluding carboxylic acids is 2. The molecule has 11 nitrogen and oxygen atoms in total. The molecule has 146 valence electrons. The largest absolute Gasteiger partial charge is 0.456 e. The Kier molecular flexibility index (Phi) is 6.92. The molecule has 1 unspecified atom stereocenters. The van der Waals surface area contributed by atoms with Crippen molar-refractivity contribution >= 4 is 32.2 Å². The van der Waals surface area contributed by atoms with Gasteiger partial charge in [-0.1, -0.05) is 0 Å². The zero-order chi connectivity index (χ0) is 19.5. The number of ether oxygens (including phenoxy) is 3. The zero-order valence-corrected chi connectivity index (χ0v) is 15.7. The van der Waals surface area contributed by atoms with Gasteiger partial charge in [-0.2, -0.15) is 16.8 Å². The molecular formula is C12H20O11S2. The van der Waals surface area contributed by atoms with E-state index in [4.69, 9.17) is 14.2 Å². The van der Waals surface area contributed by atoms with Gasteiger partial charge in [0.25, 0.3) is 20.2 Å². The van der Waals surface area contributed by atoms with Crippen molar-refractivity contribution < 1.29 is 49.0 Å². The van der Waals surface area contributed by atoms with Crippen molar-refractivity contribution in [1.29, 1.82) is 0 Å². The molecule has 1 heterocycles. The SMILES string of the molecule is CC(=O)OC1OC(COS(C)(=O)=O)(COS(C)(=O)=O)C[C@H]1OC(C)=O. The molecule has 0 aromatic heterocycles. The van der Waals surface area contributed by atoms with Crippen LogP contribution in [0.2, 0.25) is 0 Å². The molecule has 13 heteroatoms. The molecule has 0 radical (unpaired) electrons. The Balaban J connectivity index is 3.06. The molecule has 0 aromatic rings. The molecule has 0 amide bonds. The quantitative estimate of drug-likeness (QED) is 0.359. The van der Waals surface area contributed by atoms with E-state index >= 15 is 0 Å². The average molecular weight is 404 g/mol. The lowest BCUT2D eigenvalue weighted by atomic mass is 10.0. The van der Waals surface area contributed by atoms with Crippen LogP contribution in [0, 0.1) is 0 Å². The molecule has 2 atom stereocenters. The highest BCUT2D eigenvalue weighted by molar-refractivity contribution is 7.86. The molecule has 1 saturated heterocycles. The topological polar surface area (TPSA) is 149 Å². The summed E-state index contributed by atoms with van der Waals surface area (Å²) < 4.78 is 69.7. The third-order valence-corrected chi connectivity index (χ3v) is 4.01. The molecular weight excluding hydrogens is 384 g/mol. The number of carbonyl (C=O) groups is 2. The van der Waals surface area contributed by atoms with Crippen molar-refractivity contribution in [2.45, 2.75) is 38.3 Å². The van der Waals surface area contributed by atoms with Crippen molar-refractivity contribution in [3.05, 3.63) is 0 Å². The Hall–Kier alpha value is -1.28. The van der Waals surface area contributed by atoms with Gasteiger partial charge in [-0.25, -0.2) is 0 Å². The monoisotopic (exact) mass is 404 g/mol. The van der Waals surface area contributed by atoms with Crippen LogP contribution >= 0.6 is 0 Å². The summed E-state index contributed by atoms with van der Waals surface area (Å²) in [5.41, 5.74) is -1.63. The standard InChI is InChI=1S/C12H20O11S2/c1-8(13)21-10-5-12(6-19-24(3,15)16,7-20-25(4,17)18)23-11(10)22-9(2)14/h10-11H,5-7H2,1-4H3/t10-,11?/m1/s1. The fraction of sp³-hybridized carbons (Fsp3) is 0.833. The maximum atomic E-state index is 11.2. The Morgan fingerprint density at radius 3 is 1.76 bits per heavy atom. The van der Waals surface area contributed by atoms with Gasteiger partial charge in [0.1, 0.15) is 5.60 Å². The van der Waals surface area contributed by atoms with Gasteiger partial charge in [0, 0.05) is 20.3 Å². The highest BCUT2D eigenvalue weighted by atomic mass is 32.2. The first-order valence-corrected chi connectivity index (χ1v) is 10.6. The van der Waals surface area contributed by atoms with Crippen LogP contribution < -0.4 is 0 Å². The number of esters is 2. The summed E-state index contributed by atoms with van der Waals surface area (Å²) in [6.07, 6.45) is -1.09.